The van der Waals surface area contributed by atoms with Gasteiger partial charge in [-0.15, -0.1) is 0 Å². The van der Waals surface area contributed by atoms with Crippen molar-refractivity contribution in [2.75, 3.05) is 19.4 Å². The molecule has 0 saturated heterocycles. The van der Waals surface area contributed by atoms with Gasteiger partial charge in [-0.25, -0.2) is 0 Å². The molecule has 0 spiro atoms. The topological polar surface area (TPSA) is 49.3 Å². The standard InChI is InChI=1S/C16H21NO2S/c1-12-7-8-15(14(10-12)6-4-5-9-18)16(19)17-11-13(2)20-3/h7-8,10,13,18H,5,9,11H2,1-3H3,(H,17,19). The van der Waals surface area contributed by atoms with Gasteiger partial charge in [0.05, 0.1) is 12.2 Å². The Hall–Kier alpha value is -1.44. The molecule has 20 heavy (non-hydrogen) atoms. The number of amides is 1. The molecule has 1 amide bonds. The Morgan fingerprint density at radius 1 is 1.50 bits per heavy atom. The minimum Gasteiger partial charge on any atom is -0.395 e. The number of benzene rings is 1. The van der Waals surface area contributed by atoms with Gasteiger partial charge in [0, 0.05) is 23.8 Å². The number of carbonyl (C=O) groups excluding carboxylic acids is 1. The fourth-order valence-corrected chi connectivity index (χ4v) is 1.84. The van der Waals surface area contributed by atoms with Crippen LogP contribution in [0.5, 0.6) is 0 Å². The van der Waals surface area contributed by atoms with Crippen LogP contribution in [-0.2, 0) is 0 Å². The largest absolute Gasteiger partial charge is 0.395 e. The molecule has 3 nitrogen and oxygen atoms in total. The zero-order valence-electron chi connectivity index (χ0n) is 12.2. The third kappa shape index (κ3) is 5.28. The number of aliphatic hydroxyl groups excluding tert-OH is 1. The van der Waals surface area contributed by atoms with Crippen LogP contribution in [0.2, 0.25) is 0 Å². The van der Waals surface area contributed by atoms with Gasteiger partial charge in [0.25, 0.3) is 5.91 Å². The summed E-state index contributed by atoms with van der Waals surface area (Å²) >= 11 is 1.71. The van der Waals surface area contributed by atoms with Crippen molar-refractivity contribution in [1.82, 2.24) is 5.32 Å². The highest BCUT2D eigenvalue weighted by molar-refractivity contribution is 7.99. The molecule has 4 heteroatoms. The summed E-state index contributed by atoms with van der Waals surface area (Å²) in [6, 6.07) is 5.61. The Morgan fingerprint density at radius 3 is 2.90 bits per heavy atom. The van der Waals surface area contributed by atoms with Crippen molar-refractivity contribution in [3.05, 3.63) is 34.9 Å². The minimum absolute atomic E-state index is 0.0333. The van der Waals surface area contributed by atoms with E-state index in [0.717, 1.165) is 5.56 Å². The van der Waals surface area contributed by atoms with Crippen molar-refractivity contribution in [2.45, 2.75) is 25.5 Å². The van der Waals surface area contributed by atoms with Crippen molar-refractivity contribution in [2.24, 2.45) is 0 Å². The number of hydrogen-bond acceptors (Lipinski definition) is 3. The molecule has 0 aliphatic heterocycles. The number of rotatable bonds is 5. The third-order valence-corrected chi connectivity index (χ3v) is 3.80. The second kappa shape index (κ2) is 8.68. The van der Waals surface area contributed by atoms with Crippen LogP contribution in [0.4, 0.5) is 0 Å². The predicted molar refractivity (Wildman–Crippen MR) is 85.1 cm³/mol. The van der Waals surface area contributed by atoms with E-state index in [1.54, 1.807) is 17.8 Å². The van der Waals surface area contributed by atoms with Gasteiger partial charge in [-0.1, -0.05) is 24.8 Å². The molecule has 0 fully saturated rings. The van der Waals surface area contributed by atoms with Gasteiger partial charge in [-0.2, -0.15) is 11.8 Å². The van der Waals surface area contributed by atoms with E-state index >= 15 is 0 Å². The van der Waals surface area contributed by atoms with E-state index in [1.807, 2.05) is 25.3 Å². The summed E-state index contributed by atoms with van der Waals surface area (Å²) in [6.45, 7) is 4.71. The average Bonchev–Trinajstić information content (AvgIpc) is 2.44. The maximum Gasteiger partial charge on any atom is 0.252 e. The van der Waals surface area contributed by atoms with Crippen LogP contribution < -0.4 is 5.32 Å². The molecular formula is C16H21NO2S. The van der Waals surface area contributed by atoms with E-state index in [2.05, 4.69) is 24.1 Å². The summed E-state index contributed by atoms with van der Waals surface area (Å²) < 4.78 is 0. The molecule has 1 unspecified atom stereocenters. The van der Waals surface area contributed by atoms with Crippen molar-refractivity contribution in [1.29, 1.82) is 0 Å². The monoisotopic (exact) mass is 291 g/mol. The van der Waals surface area contributed by atoms with Gasteiger partial charge >= 0.3 is 0 Å². The fraction of sp³-hybridized carbons (Fsp3) is 0.438. The van der Waals surface area contributed by atoms with E-state index in [1.165, 1.54) is 0 Å². The zero-order valence-corrected chi connectivity index (χ0v) is 13.0. The maximum atomic E-state index is 12.2. The molecule has 108 valence electrons. The second-order valence-electron chi connectivity index (χ2n) is 4.58. The first-order chi connectivity index (χ1) is 9.58. The van der Waals surface area contributed by atoms with Crippen LogP contribution in [0, 0.1) is 18.8 Å². The molecule has 1 aromatic rings. The van der Waals surface area contributed by atoms with Crippen molar-refractivity contribution >= 4 is 17.7 Å². The summed E-state index contributed by atoms with van der Waals surface area (Å²) in [5.74, 6) is 5.73. The average molecular weight is 291 g/mol. The molecule has 1 rings (SSSR count). The summed E-state index contributed by atoms with van der Waals surface area (Å²) in [5.41, 5.74) is 2.37. The van der Waals surface area contributed by atoms with Gasteiger partial charge in [0.2, 0.25) is 0 Å². The lowest BCUT2D eigenvalue weighted by atomic mass is 10.0. The van der Waals surface area contributed by atoms with Crippen LogP contribution in [0.25, 0.3) is 0 Å². The Morgan fingerprint density at radius 2 is 2.25 bits per heavy atom. The van der Waals surface area contributed by atoms with Crippen molar-refractivity contribution < 1.29 is 9.90 Å². The molecule has 0 bridgehead atoms. The van der Waals surface area contributed by atoms with E-state index in [9.17, 15) is 4.79 Å². The Bertz CT molecular complexity index is 517. The Labute approximate surface area is 125 Å². The molecule has 0 aliphatic carbocycles. The highest BCUT2D eigenvalue weighted by atomic mass is 32.2. The highest BCUT2D eigenvalue weighted by Gasteiger charge is 2.11. The lowest BCUT2D eigenvalue weighted by Crippen LogP contribution is -2.29. The molecule has 1 atom stereocenters. The molecule has 0 aromatic heterocycles. The molecule has 1 aromatic carbocycles. The molecular weight excluding hydrogens is 270 g/mol. The molecule has 2 N–H and O–H groups in total. The number of hydrogen-bond donors (Lipinski definition) is 2. The zero-order chi connectivity index (χ0) is 15.0. The normalized spacial score (nSPS) is 11.4. The maximum absolute atomic E-state index is 12.2. The van der Waals surface area contributed by atoms with Gasteiger partial charge in [0.15, 0.2) is 0 Å². The molecule has 0 aliphatic rings. The lowest BCUT2D eigenvalue weighted by Gasteiger charge is -2.11. The number of carbonyl (C=O) groups is 1. The summed E-state index contributed by atoms with van der Waals surface area (Å²) in [7, 11) is 0. The third-order valence-electron chi connectivity index (χ3n) is 2.83. The number of aryl methyl sites for hydroxylation is 1. The molecule has 0 radical (unpaired) electrons. The smallest absolute Gasteiger partial charge is 0.252 e. The van der Waals surface area contributed by atoms with E-state index in [0.29, 0.717) is 29.3 Å². The van der Waals surface area contributed by atoms with Gasteiger partial charge < -0.3 is 10.4 Å². The highest BCUT2D eigenvalue weighted by Crippen LogP contribution is 2.11. The summed E-state index contributed by atoms with van der Waals surface area (Å²) in [5, 5.41) is 12.1. The van der Waals surface area contributed by atoms with Crippen LogP contribution in [-0.4, -0.2) is 35.7 Å². The van der Waals surface area contributed by atoms with Crippen molar-refractivity contribution in [3.63, 3.8) is 0 Å². The quantitative estimate of drug-likeness (QED) is 0.818. The molecule has 0 heterocycles. The van der Waals surface area contributed by atoms with Crippen LogP contribution in [0.3, 0.4) is 0 Å². The lowest BCUT2D eigenvalue weighted by molar-refractivity contribution is 0.0954. The number of aliphatic hydroxyl groups is 1. The van der Waals surface area contributed by atoms with Gasteiger partial charge in [-0.05, 0) is 30.9 Å². The first-order valence-corrected chi connectivity index (χ1v) is 7.88. The summed E-state index contributed by atoms with van der Waals surface area (Å²) in [4.78, 5) is 12.2. The first-order valence-electron chi connectivity index (χ1n) is 6.60. The van der Waals surface area contributed by atoms with Crippen LogP contribution in [0.15, 0.2) is 18.2 Å². The second-order valence-corrected chi connectivity index (χ2v) is 5.86. The SMILES string of the molecule is CSC(C)CNC(=O)c1ccc(C)cc1C#CCCO. The molecule has 0 saturated carbocycles. The van der Waals surface area contributed by atoms with E-state index in [4.69, 9.17) is 5.11 Å². The fourth-order valence-electron chi connectivity index (χ4n) is 1.59. The predicted octanol–water partition coefficient (Wildman–Crippen LogP) is 2.21. The van der Waals surface area contributed by atoms with Gasteiger partial charge in [0.1, 0.15) is 0 Å². The van der Waals surface area contributed by atoms with Crippen molar-refractivity contribution in [3.8, 4) is 11.8 Å². The van der Waals surface area contributed by atoms with E-state index < -0.39 is 0 Å². The number of nitrogens with one attached hydrogen (secondary N) is 1. The first kappa shape index (κ1) is 16.6. The van der Waals surface area contributed by atoms with Crippen LogP contribution >= 0.6 is 11.8 Å². The Kier molecular flexibility index (Phi) is 7.21. The Balaban J connectivity index is 2.88. The van der Waals surface area contributed by atoms with Gasteiger partial charge in [-0.3, -0.25) is 4.79 Å². The van der Waals surface area contributed by atoms with E-state index in [-0.39, 0.29) is 12.5 Å². The number of thioether (sulfide) groups is 1. The minimum atomic E-state index is -0.0980. The summed E-state index contributed by atoms with van der Waals surface area (Å²) in [6.07, 6.45) is 2.44. The van der Waals surface area contributed by atoms with Crippen LogP contribution in [0.1, 0.15) is 34.8 Å².